The van der Waals surface area contributed by atoms with Gasteiger partial charge in [0.25, 0.3) is 0 Å². The molecule has 0 saturated heterocycles. The summed E-state index contributed by atoms with van der Waals surface area (Å²) in [4.78, 5) is 0. The number of rotatable bonds is 0. The van der Waals surface area contributed by atoms with Crippen molar-refractivity contribution >= 4 is 0 Å². The molecule has 0 aromatic carbocycles. The number of fused-ring (bicyclic) bond motifs is 2. The third-order valence-electron chi connectivity index (χ3n) is 9.16. The highest BCUT2D eigenvalue weighted by atomic mass is 16.3. The fourth-order valence-electron chi connectivity index (χ4n) is 7.90. The van der Waals surface area contributed by atoms with Gasteiger partial charge in [0.15, 0.2) is 0 Å². The second-order valence-corrected chi connectivity index (χ2v) is 10.5. The Kier molecular flexibility index (Phi) is 3.02. The summed E-state index contributed by atoms with van der Waals surface area (Å²) in [6, 6.07) is 0. The van der Waals surface area contributed by atoms with E-state index in [0.29, 0.717) is 22.7 Å². The zero-order chi connectivity index (χ0) is 16.0. The minimum Gasteiger partial charge on any atom is -0.393 e. The molecule has 0 aliphatic heterocycles. The molecule has 2 N–H and O–H groups in total. The van der Waals surface area contributed by atoms with Gasteiger partial charge < -0.3 is 10.2 Å². The van der Waals surface area contributed by atoms with Gasteiger partial charge in [0.1, 0.15) is 0 Å². The van der Waals surface area contributed by atoms with Gasteiger partial charge in [-0.15, -0.1) is 0 Å². The molecule has 2 nitrogen and oxygen atoms in total. The van der Waals surface area contributed by atoms with Crippen LogP contribution in [0.1, 0.15) is 79.1 Å². The Balaban J connectivity index is 1.83. The fourth-order valence-corrected chi connectivity index (χ4v) is 7.90. The summed E-state index contributed by atoms with van der Waals surface area (Å²) in [7, 11) is 0. The van der Waals surface area contributed by atoms with Gasteiger partial charge in [-0.2, -0.15) is 0 Å². The minimum absolute atomic E-state index is 0.0999. The molecule has 1 spiro atoms. The molecule has 4 saturated carbocycles. The van der Waals surface area contributed by atoms with Crippen LogP contribution in [0.4, 0.5) is 0 Å². The van der Waals surface area contributed by atoms with E-state index in [1.165, 1.54) is 25.7 Å². The normalized spacial score (nSPS) is 59.7. The highest BCUT2D eigenvalue weighted by molar-refractivity contribution is 5.19. The average Bonchev–Trinajstić information content (AvgIpc) is 2.74. The van der Waals surface area contributed by atoms with Crippen molar-refractivity contribution in [3.8, 4) is 0 Å². The molecule has 2 bridgehead atoms. The van der Waals surface area contributed by atoms with Gasteiger partial charge in [0, 0.05) is 0 Å². The quantitative estimate of drug-likeness (QED) is 0.706. The molecule has 4 fully saturated rings. The summed E-state index contributed by atoms with van der Waals surface area (Å²) < 4.78 is 0. The Morgan fingerprint density at radius 1 is 0.864 bits per heavy atom. The number of aliphatic hydroxyl groups is 2. The van der Waals surface area contributed by atoms with Crippen LogP contribution in [0.3, 0.4) is 0 Å². The van der Waals surface area contributed by atoms with Gasteiger partial charge in [-0.05, 0) is 78.4 Å². The summed E-state index contributed by atoms with van der Waals surface area (Å²) in [5.74, 6) is 0.964. The van der Waals surface area contributed by atoms with E-state index in [1.807, 2.05) is 0 Å². The van der Waals surface area contributed by atoms with Crippen molar-refractivity contribution in [1.29, 1.82) is 0 Å². The fraction of sp³-hybridized carbons (Fsp3) is 1.00. The number of hydrogen-bond acceptors (Lipinski definition) is 2. The van der Waals surface area contributed by atoms with Crippen molar-refractivity contribution in [3.05, 3.63) is 0 Å². The molecular formula is C20H34O2. The second-order valence-electron chi connectivity index (χ2n) is 10.5. The predicted molar refractivity (Wildman–Crippen MR) is 88.4 cm³/mol. The van der Waals surface area contributed by atoms with E-state index in [4.69, 9.17) is 0 Å². The monoisotopic (exact) mass is 306 g/mol. The highest BCUT2D eigenvalue weighted by Crippen LogP contribution is 2.76. The van der Waals surface area contributed by atoms with Gasteiger partial charge in [-0.25, -0.2) is 0 Å². The Hall–Kier alpha value is -0.0800. The molecule has 126 valence electrons. The lowest BCUT2D eigenvalue weighted by Gasteiger charge is -2.68. The minimum atomic E-state index is -0.209. The lowest BCUT2D eigenvalue weighted by molar-refractivity contribution is -0.224. The van der Waals surface area contributed by atoms with E-state index in [0.717, 1.165) is 25.7 Å². The zero-order valence-corrected chi connectivity index (χ0v) is 14.9. The van der Waals surface area contributed by atoms with Gasteiger partial charge in [-0.3, -0.25) is 0 Å². The lowest BCUT2D eigenvalue weighted by Crippen LogP contribution is -2.64. The van der Waals surface area contributed by atoms with Crippen LogP contribution in [-0.4, -0.2) is 22.4 Å². The van der Waals surface area contributed by atoms with Gasteiger partial charge in [-0.1, -0.05) is 34.1 Å². The Morgan fingerprint density at radius 3 is 2.32 bits per heavy atom. The molecular weight excluding hydrogens is 272 g/mol. The van der Waals surface area contributed by atoms with Crippen molar-refractivity contribution in [1.82, 2.24) is 0 Å². The van der Waals surface area contributed by atoms with Crippen LogP contribution in [0.2, 0.25) is 0 Å². The average molecular weight is 306 g/mol. The highest BCUT2D eigenvalue weighted by Gasteiger charge is 2.70. The van der Waals surface area contributed by atoms with Gasteiger partial charge in [0.05, 0.1) is 12.2 Å². The maximum Gasteiger partial charge on any atom is 0.0597 e. The molecule has 7 unspecified atom stereocenters. The van der Waals surface area contributed by atoms with Crippen molar-refractivity contribution in [2.75, 3.05) is 0 Å². The standard InChI is InChI=1S/C20H34O2/c1-17(2)6-5-7-19(4)15(17)11-14(21)13-10-16(22)18(3)8-9-20(13,19)12-18/h13-16,21-22H,5-12H2,1-4H3. The van der Waals surface area contributed by atoms with Crippen LogP contribution >= 0.6 is 0 Å². The number of aliphatic hydroxyl groups excluding tert-OH is 2. The third-order valence-corrected chi connectivity index (χ3v) is 9.16. The maximum atomic E-state index is 11.0. The van der Waals surface area contributed by atoms with Crippen LogP contribution in [0.15, 0.2) is 0 Å². The van der Waals surface area contributed by atoms with Gasteiger partial charge >= 0.3 is 0 Å². The summed E-state index contributed by atoms with van der Waals surface area (Å²) in [6.07, 6.45) is 8.88. The Bertz CT molecular complexity index is 486. The molecule has 0 radical (unpaired) electrons. The van der Waals surface area contributed by atoms with Crippen LogP contribution in [0.5, 0.6) is 0 Å². The smallest absolute Gasteiger partial charge is 0.0597 e. The first kappa shape index (κ1) is 15.4. The molecule has 22 heavy (non-hydrogen) atoms. The topological polar surface area (TPSA) is 40.5 Å². The first-order valence-corrected chi connectivity index (χ1v) is 9.51. The summed E-state index contributed by atoms with van der Waals surface area (Å²) in [5, 5.41) is 21.7. The van der Waals surface area contributed by atoms with Crippen LogP contribution in [-0.2, 0) is 0 Å². The largest absolute Gasteiger partial charge is 0.393 e. The molecule has 4 aliphatic rings. The van der Waals surface area contributed by atoms with Crippen LogP contribution in [0, 0.1) is 33.5 Å². The molecule has 0 aromatic heterocycles. The van der Waals surface area contributed by atoms with Crippen molar-refractivity contribution < 1.29 is 10.2 Å². The molecule has 4 rings (SSSR count). The first-order valence-electron chi connectivity index (χ1n) is 9.51. The second kappa shape index (κ2) is 4.30. The summed E-state index contributed by atoms with van der Waals surface area (Å²) >= 11 is 0. The SMILES string of the molecule is CC1(C)CCCC2(C)C1CC(O)C1CC(O)C3(C)CCC12C3. The molecule has 0 aromatic rings. The predicted octanol–water partition coefficient (Wildman–Crippen LogP) is 4.14. The van der Waals surface area contributed by atoms with Gasteiger partial charge in [0.2, 0.25) is 0 Å². The summed E-state index contributed by atoms with van der Waals surface area (Å²) in [6.45, 7) is 9.73. The molecule has 0 amide bonds. The van der Waals surface area contributed by atoms with Crippen molar-refractivity contribution in [3.63, 3.8) is 0 Å². The Labute approximate surface area is 135 Å². The maximum absolute atomic E-state index is 11.0. The van der Waals surface area contributed by atoms with E-state index < -0.39 is 0 Å². The molecule has 7 atom stereocenters. The zero-order valence-electron chi connectivity index (χ0n) is 14.9. The van der Waals surface area contributed by atoms with Crippen LogP contribution in [0.25, 0.3) is 0 Å². The first-order chi connectivity index (χ1) is 10.1. The summed E-state index contributed by atoms with van der Waals surface area (Å²) in [5.41, 5.74) is 1.09. The van der Waals surface area contributed by atoms with E-state index >= 15 is 0 Å². The Morgan fingerprint density at radius 2 is 1.59 bits per heavy atom. The van der Waals surface area contributed by atoms with Crippen molar-refractivity contribution in [2.45, 2.75) is 91.3 Å². The third kappa shape index (κ3) is 1.64. The van der Waals surface area contributed by atoms with E-state index in [9.17, 15) is 10.2 Å². The molecule has 4 aliphatic carbocycles. The van der Waals surface area contributed by atoms with E-state index in [1.54, 1.807) is 0 Å². The van der Waals surface area contributed by atoms with E-state index in [2.05, 4.69) is 27.7 Å². The van der Waals surface area contributed by atoms with Crippen LogP contribution < -0.4 is 0 Å². The molecule has 2 heteroatoms. The number of hydrogen-bond donors (Lipinski definition) is 2. The van der Waals surface area contributed by atoms with E-state index in [-0.39, 0.29) is 23.0 Å². The lowest BCUT2D eigenvalue weighted by atomic mass is 9.38. The molecule has 0 heterocycles. The van der Waals surface area contributed by atoms with Crippen molar-refractivity contribution in [2.24, 2.45) is 33.5 Å².